The summed E-state index contributed by atoms with van der Waals surface area (Å²) in [4.78, 5) is 12.0. The first-order chi connectivity index (χ1) is 9.00. The Morgan fingerprint density at radius 1 is 1.11 bits per heavy atom. The first kappa shape index (κ1) is 13.7. The molecular weight excluding hydrogens is 316 g/mol. The number of hydrogen-bond donors (Lipinski definition) is 1. The number of nitrogens with one attached hydrogen (secondary N) is 1. The van der Waals surface area contributed by atoms with E-state index < -0.39 is 17.5 Å². The van der Waals surface area contributed by atoms with Crippen molar-refractivity contribution >= 4 is 27.5 Å². The third-order valence-electron chi connectivity index (χ3n) is 2.65. The van der Waals surface area contributed by atoms with Gasteiger partial charge in [-0.05, 0) is 46.6 Å². The van der Waals surface area contributed by atoms with Crippen molar-refractivity contribution in [3.8, 4) is 0 Å². The van der Waals surface area contributed by atoms with E-state index in [2.05, 4.69) is 21.2 Å². The Kier molecular flexibility index (Phi) is 3.95. The number of anilines is 1. The van der Waals surface area contributed by atoms with Gasteiger partial charge in [-0.3, -0.25) is 4.79 Å². The molecule has 2 nitrogen and oxygen atoms in total. The molecule has 1 N–H and O–H groups in total. The average Bonchev–Trinajstić information content (AvgIpc) is 2.34. The van der Waals surface area contributed by atoms with E-state index in [4.69, 9.17) is 0 Å². The molecule has 0 aromatic heterocycles. The molecule has 0 saturated carbocycles. The van der Waals surface area contributed by atoms with Crippen LogP contribution in [0.2, 0.25) is 0 Å². The Morgan fingerprint density at radius 3 is 2.37 bits per heavy atom. The predicted octanol–water partition coefficient (Wildman–Crippen LogP) is 4.29. The monoisotopic (exact) mass is 325 g/mol. The molecule has 0 atom stereocenters. The fraction of sp³-hybridized carbons (Fsp3) is 0.0714. The van der Waals surface area contributed by atoms with Crippen molar-refractivity contribution in [3.05, 3.63) is 63.6 Å². The normalized spacial score (nSPS) is 10.3. The fourth-order valence-corrected chi connectivity index (χ4v) is 2.20. The Bertz CT molecular complexity index is 603. The summed E-state index contributed by atoms with van der Waals surface area (Å²) in [5.74, 6) is -1.92. The number of hydrogen-bond acceptors (Lipinski definition) is 1. The summed E-state index contributed by atoms with van der Waals surface area (Å²) in [6.45, 7) is 1.66. The third kappa shape index (κ3) is 2.81. The highest BCUT2D eigenvalue weighted by molar-refractivity contribution is 9.10. The molecule has 2 aromatic rings. The number of amides is 1. The van der Waals surface area contributed by atoms with E-state index in [9.17, 15) is 13.6 Å². The molecular formula is C14H10BrF2NO. The summed E-state index contributed by atoms with van der Waals surface area (Å²) >= 11 is 3.10. The lowest BCUT2D eigenvalue weighted by molar-refractivity contribution is 0.102. The Morgan fingerprint density at radius 2 is 1.74 bits per heavy atom. The molecule has 0 heterocycles. The van der Waals surface area contributed by atoms with E-state index in [1.807, 2.05) is 0 Å². The third-order valence-corrected chi connectivity index (χ3v) is 3.31. The molecule has 0 aliphatic rings. The lowest BCUT2D eigenvalue weighted by Gasteiger charge is -2.10. The van der Waals surface area contributed by atoms with E-state index in [-0.39, 0.29) is 11.3 Å². The van der Waals surface area contributed by atoms with Crippen LogP contribution in [0.25, 0.3) is 0 Å². The van der Waals surface area contributed by atoms with Gasteiger partial charge in [0.1, 0.15) is 11.6 Å². The highest BCUT2D eigenvalue weighted by atomic mass is 79.9. The van der Waals surface area contributed by atoms with Crippen molar-refractivity contribution in [3.63, 3.8) is 0 Å². The molecule has 1 amide bonds. The standard InChI is InChI=1S/C14H10BrF2NO/c1-8-4-2-7-11(17)13(8)18-14(19)12-9(15)5-3-6-10(12)16/h2-7H,1H3,(H,18,19). The van der Waals surface area contributed by atoms with Crippen molar-refractivity contribution in [2.24, 2.45) is 0 Å². The SMILES string of the molecule is Cc1cccc(F)c1NC(=O)c1c(F)cccc1Br. The lowest BCUT2D eigenvalue weighted by atomic mass is 10.1. The summed E-state index contributed by atoms with van der Waals surface area (Å²) in [6.07, 6.45) is 0. The van der Waals surface area contributed by atoms with Crippen LogP contribution in [0.4, 0.5) is 14.5 Å². The molecule has 0 aliphatic heterocycles. The van der Waals surface area contributed by atoms with Gasteiger partial charge in [-0.2, -0.15) is 0 Å². The van der Waals surface area contributed by atoms with Crippen molar-refractivity contribution in [2.45, 2.75) is 6.92 Å². The minimum absolute atomic E-state index is 0.0580. The molecule has 5 heteroatoms. The van der Waals surface area contributed by atoms with Gasteiger partial charge in [0.25, 0.3) is 5.91 Å². The highest BCUT2D eigenvalue weighted by Gasteiger charge is 2.17. The predicted molar refractivity (Wildman–Crippen MR) is 73.2 cm³/mol. The van der Waals surface area contributed by atoms with Crippen molar-refractivity contribution in [1.82, 2.24) is 0 Å². The summed E-state index contributed by atoms with van der Waals surface area (Å²) in [7, 11) is 0. The number of halogens is 3. The zero-order valence-electron chi connectivity index (χ0n) is 10.0. The topological polar surface area (TPSA) is 29.1 Å². The van der Waals surface area contributed by atoms with Crippen molar-refractivity contribution < 1.29 is 13.6 Å². The van der Waals surface area contributed by atoms with E-state index in [1.54, 1.807) is 25.1 Å². The van der Waals surface area contributed by atoms with Crippen LogP contribution in [-0.2, 0) is 0 Å². The Balaban J connectivity index is 2.37. The number of carbonyl (C=O) groups excluding carboxylic acids is 1. The molecule has 0 unspecified atom stereocenters. The van der Waals surface area contributed by atoms with Crippen molar-refractivity contribution in [1.29, 1.82) is 0 Å². The van der Waals surface area contributed by atoms with Crippen LogP contribution in [0, 0.1) is 18.6 Å². The van der Waals surface area contributed by atoms with Gasteiger partial charge in [0, 0.05) is 4.47 Å². The smallest absolute Gasteiger partial charge is 0.259 e. The largest absolute Gasteiger partial charge is 0.319 e. The maximum Gasteiger partial charge on any atom is 0.259 e. The van der Waals surface area contributed by atoms with Gasteiger partial charge in [0.15, 0.2) is 0 Å². The number of benzene rings is 2. The Hall–Kier alpha value is -1.75. The molecule has 98 valence electrons. The molecule has 0 fully saturated rings. The number of carbonyl (C=O) groups is 1. The second-order valence-electron chi connectivity index (χ2n) is 3.98. The highest BCUT2D eigenvalue weighted by Crippen LogP contribution is 2.23. The van der Waals surface area contributed by atoms with Crippen LogP contribution in [0.1, 0.15) is 15.9 Å². The van der Waals surface area contributed by atoms with Gasteiger partial charge in [-0.25, -0.2) is 8.78 Å². The van der Waals surface area contributed by atoms with Crippen LogP contribution in [0.3, 0.4) is 0 Å². The minimum atomic E-state index is -0.696. The average molecular weight is 326 g/mol. The lowest BCUT2D eigenvalue weighted by Crippen LogP contribution is -2.16. The van der Waals surface area contributed by atoms with Gasteiger partial charge in [0.2, 0.25) is 0 Å². The quantitative estimate of drug-likeness (QED) is 0.876. The zero-order chi connectivity index (χ0) is 14.0. The van der Waals surface area contributed by atoms with Crippen LogP contribution >= 0.6 is 15.9 Å². The summed E-state index contributed by atoms with van der Waals surface area (Å²) in [6, 6.07) is 8.64. The molecule has 0 spiro atoms. The molecule has 0 radical (unpaired) electrons. The minimum Gasteiger partial charge on any atom is -0.319 e. The van der Waals surface area contributed by atoms with Crippen molar-refractivity contribution in [2.75, 3.05) is 5.32 Å². The molecule has 0 saturated heterocycles. The van der Waals surface area contributed by atoms with Gasteiger partial charge in [0.05, 0.1) is 11.3 Å². The van der Waals surface area contributed by atoms with Gasteiger partial charge >= 0.3 is 0 Å². The van der Waals surface area contributed by atoms with Crippen LogP contribution in [0.5, 0.6) is 0 Å². The number of rotatable bonds is 2. The maximum atomic E-state index is 13.6. The number of aryl methyl sites for hydroxylation is 1. The van der Waals surface area contributed by atoms with E-state index >= 15 is 0 Å². The first-order valence-corrected chi connectivity index (χ1v) is 6.30. The molecule has 2 aromatic carbocycles. The fourth-order valence-electron chi connectivity index (χ4n) is 1.68. The van der Waals surface area contributed by atoms with Gasteiger partial charge in [-0.1, -0.05) is 18.2 Å². The molecule has 19 heavy (non-hydrogen) atoms. The van der Waals surface area contributed by atoms with Crippen LogP contribution in [-0.4, -0.2) is 5.91 Å². The summed E-state index contributed by atoms with van der Waals surface area (Å²) in [5.41, 5.74) is 0.480. The number of para-hydroxylation sites is 1. The first-order valence-electron chi connectivity index (χ1n) is 5.51. The molecule has 0 aliphatic carbocycles. The van der Waals surface area contributed by atoms with Gasteiger partial charge < -0.3 is 5.32 Å². The maximum absolute atomic E-state index is 13.6. The molecule has 0 bridgehead atoms. The van der Waals surface area contributed by atoms with E-state index in [1.165, 1.54) is 18.2 Å². The van der Waals surface area contributed by atoms with E-state index in [0.717, 1.165) is 0 Å². The van der Waals surface area contributed by atoms with E-state index in [0.29, 0.717) is 10.0 Å². The summed E-state index contributed by atoms with van der Waals surface area (Å²) in [5, 5.41) is 2.39. The van der Waals surface area contributed by atoms with Gasteiger partial charge in [-0.15, -0.1) is 0 Å². The molecule has 2 rings (SSSR count). The van der Waals surface area contributed by atoms with Crippen LogP contribution in [0.15, 0.2) is 40.9 Å². The summed E-state index contributed by atoms with van der Waals surface area (Å²) < 4.78 is 27.5. The zero-order valence-corrected chi connectivity index (χ0v) is 11.6. The Labute approximate surface area is 117 Å². The van der Waals surface area contributed by atoms with Crippen LogP contribution < -0.4 is 5.32 Å². The second kappa shape index (κ2) is 5.48. The second-order valence-corrected chi connectivity index (χ2v) is 4.84.